The fraction of sp³-hybridized carbons (Fsp3) is 0.308. The summed E-state index contributed by atoms with van der Waals surface area (Å²) in [5.41, 5.74) is 0.962. The van der Waals surface area contributed by atoms with E-state index in [4.69, 9.17) is 0 Å². The molecule has 0 spiro atoms. The first-order chi connectivity index (χ1) is 8.25. The van der Waals surface area contributed by atoms with Crippen LogP contribution in [0.4, 0.5) is 0 Å². The highest BCUT2D eigenvalue weighted by Crippen LogP contribution is 2.21. The second-order valence-corrected chi connectivity index (χ2v) is 5.06. The number of aliphatic hydroxyl groups is 1. The summed E-state index contributed by atoms with van der Waals surface area (Å²) >= 11 is 1.81. The van der Waals surface area contributed by atoms with Crippen LogP contribution in [0.15, 0.2) is 47.9 Å². The molecular weight excluding hydrogens is 232 g/mol. The van der Waals surface area contributed by atoms with Gasteiger partial charge in [0.2, 0.25) is 0 Å². The van der Waals surface area contributed by atoms with Crippen molar-refractivity contribution in [1.82, 2.24) is 9.55 Å². The predicted octanol–water partition coefficient (Wildman–Crippen LogP) is 2.73. The third-order valence-corrected chi connectivity index (χ3v) is 3.53. The van der Waals surface area contributed by atoms with E-state index in [1.807, 2.05) is 36.4 Å². The molecule has 4 heteroatoms. The van der Waals surface area contributed by atoms with Crippen LogP contribution in [0.1, 0.15) is 18.6 Å². The molecule has 0 aliphatic heterocycles. The van der Waals surface area contributed by atoms with E-state index in [2.05, 4.69) is 21.7 Å². The third-order valence-electron chi connectivity index (χ3n) is 2.54. The molecule has 1 N–H and O–H groups in total. The van der Waals surface area contributed by atoms with Crippen molar-refractivity contribution in [2.75, 3.05) is 5.75 Å². The number of aliphatic hydroxyl groups excluding tert-OH is 1. The van der Waals surface area contributed by atoms with E-state index in [0.717, 1.165) is 17.9 Å². The Morgan fingerprint density at radius 1 is 1.35 bits per heavy atom. The number of aryl methyl sites for hydroxylation is 1. The van der Waals surface area contributed by atoms with Gasteiger partial charge in [-0.1, -0.05) is 12.1 Å². The van der Waals surface area contributed by atoms with Crippen molar-refractivity contribution in [3.63, 3.8) is 0 Å². The fourth-order valence-corrected chi connectivity index (χ4v) is 2.40. The summed E-state index contributed by atoms with van der Waals surface area (Å²) in [6.07, 6.45) is 5.20. The lowest BCUT2D eigenvalue weighted by Crippen LogP contribution is -1.96. The van der Waals surface area contributed by atoms with Crippen LogP contribution in [0, 0.1) is 0 Å². The molecule has 0 saturated carbocycles. The van der Waals surface area contributed by atoms with Crippen molar-refractivity contribution in [3.05, 3.63) is 48.5 Å². The van der Waals surface area contributed by atoms with E-state index in [0.29, 0.717) is 0 Å². The molecule has 0 saturated heterocycles. The minimum Gasteiger partial charge on any atom is -0.389 e. The number of benzene rings is 1. The van der Waals surface area contributed by atoms with Crippen LogP contribution in [0.3, 0.4) is 0 Å². The van der Waals surface area contributed by atoms with Crippen molar-refractivity contribution >= 4 is 11.8 Å². The molecule has 0 aliphatic rings. The number of thioether (sulfide) groups is 1. The lowest BCUT2D eigenvalue weighted by molar-refractivity contribution is 0.199. The largest absolute Gasteiger partial charge is 0.389 e. The number of hydrogen-bond acceptors (Lipinski definition) is 3. The van der Waals surface area contributed by atoms with Crippen molar-refractivity contribution < 1.29 is 5.11 Å². The van der Waals surface area contributed by atoms with Crippen molar-refractivity contribution in [2.45, 2.75) is 24.5 Å². The standard InChI is InChI=1S/C13H16N2OS/c1-11(16)12-2-4-13(5-3-12)17-9-8-15-7-6-14-10-15/h2-7,10-11,16H,8-9H2,1H3. The van der Waals surface area contributed by atoms with Gasteiger partial charge in [0.05, 0.1) is 12.4 Å². The van der Waals surface area contributed by atoms with Crippen LogP contribution >= 0.6 is 11.8 Å². The Morgan fingerprint density at radius 3 is 2.71 bits per heavy atom. The number of imidazole rings is 1. The quantitative estimate of drug-likeness (QED) is 0.827. The van der Waals surface area contributed by atoms with Gasteiger partial charge in [-0.2, -0.15) is 0 Å². The van der Waals surface area contributed by atoms with E-state index in [1.54, 1.807) is 13.1 Å². The Bertz CT molecular complexity index is 437. The minimum atomic E-state index is -0.389. The summed E-state index contributed by atoms with van der Waals surface area (Å²) in [4.78, 5) is 5.24. The zero-order chi connectivity index (χ0) is 12.1. The van der Waals surface area contributed by atoms with Gasteiger partial charge in [-0.05, 0) is 24.6 Å². The topological polar surface area (TPSA) is 38.0 Å². The van der Waals surface area contributed by atoms with E-state index >= 15 is 0 Å². The first kappa shape index (κ1) is 12.2. The molecule has 17 heavy (non-hydrogen) atoms. The van der Waals surface area contributed by atoms with Gasteiger partial charge in [0, 0.05) is 29.6 Å². The zero-order valence-corrected chi connectivity index (χ0v) is 10.6. The molecule has 1 atom stereocenters. The van der Waals surface area contributed by atoms with Gasteiger partial charge in [0.25, 0.3) is 0 Å². The predicted molar refractivity (Wildman–Crippen MR) is 70.0 cm³/mol. The van der Waals surface area contributed by atoms with Crippen LogP contribution in [0.25, 0.3) is 0 Å². The first-order valence-electron chi connectivity index (χ1n) is 5.62. The highest BCUT2D eigenvalue weighted by atomic mass is 32.2. The molecule has 1 heterocycles. The van der Waals surface area contributed by atoms with Gasteiger partial charge in [-0.3, -0.25) is 0 Å². The maximum Gasteiger partial charge on any atom is 0.0946 e. The fourth-order valence-electron chi connectivity index (χ4n) is 1.53. The number of hydrogen-bond donors (Lipinski definition) is 1. The van der Waals surface area contributed by atoms with E-state index in [1.165, 1.54) is 4.90 Å². The normalized spacial score (nSPS) is 12.6. The SMILES string of the molecule is CC(O)c1ccc(SCCn2ccnc2)cc1. The maximum absolute atomic E-state index is 9.40. The van der Waals surface area contributed by atoms with Gasteiger partial charge < -0.3 is 9.67 Å². The smallest absolute Gasteiger partial charge is 0.0946 e. The van der Waals surface area contributed by atoms with Crippen LogP contribution in [-0.4, -0.2) is 20.4 Å². The molecule has 2 aromatic rings. The van der Waals surface area contributed by atoms with Crippen molar-refractivity contribution in [3.8, 4) is 0 Å². The summed E-state index contributed by atoms with van der Waals surface area (Å²) < 4.78 is 2.07. The molecule has 1 unspecified atom stereocenters. The van der Waals surface area contributed by atoms with Crippen LogP contribution < -0.4 is 0 Å². The van der Waals surface area contributed by atoms with E-state index in [-0.39, 0.29) is 6.10 Å². The molecule has 0 bridgehead atoms. The maximum atomic E-state index is 9.40. The number of aromatic nitrogens is 2. The number of nitrogens with zero attached hydrogens (tertiary/aromatic N) is 2. The molecular formula is C13H16N2OS. The van der Waals surface area contributed by atoms with E-state index < -0.39 is 0 Å². The first-order valence-corrected chi connectivity index (χ1v) is 6.61. The number of rotatable bonds is 5. The zero-order valence-electron chi connectivity index (χ0n) is 9.78. The Kier molecular flexibility index (Phi) is 4.23. The van der Waals surface area contributed by atoms with Gasteiger partial charge in [0.1, 0.15) is 0 Å². The Morgan fingerprint density at radius 2 is 2.12 bits per heavy atom. The summed E-state index contributed by atoms with van der Waals surface area (Å²) in [5, 5.41) is 9.40. The minimum absolute atomic E-state index is 0.389. The lowest BCUT2D eigenvalue weighted by Gasteiger charge is -2.06. The van der Waals surface area contributed by atoms with Gasteiger partial charge in [0.15, 0.2) is 0 Å². The monoisotopic (exact) mass is 248 g/mol. The Balaban J connectivity index is 1.83. The summed E-state index contributed by atoms with van der Waals surface area (Å²) in [6.45, 7) is 2.74. The highest BCUT2D eigenvalue weighted by Gasteiger charge is 2.00. The van der Waals surface area contributed by atoms with Crippen LogP contribution in [-0.2, 0) is 6.54 Å². The molecule has 90 valence electrons. The van der Waals surface area contributed by atoms with Crippen LogP contribution in [0.5, 0.6) is 0 Å². The average molecular weight is 248 g/mol. The molecule has 3 nitrogen and oxygen atoms in total. The third kappa shape index (κ3) is 3.61. The molecule has 1 aromatic heterocycles. The van der Waals surface area contributed by atoms with Gasteiger partial charge in [-0.15, -0.1) is 11.8 Å². The molecule has 0 radical (unpaired) electrons. The lowest BCUT2D eigenvalue weighted by atomic mass is 10.1. The molecule has 0 aliphatic carbocycles. The second kappa shape index (κ2) is 5.89. The van der Waals surface area contributed by atoms with Crippen LogP contribution in [0.2, 0.25) is 0 Å². The Hall–Kier alpha value is -1.26. The second-order valence-electron chi connectivity index (χ2n) is 3.89. The van der Waals surface area contributed by atoms with Gasteiger partial charge in [-0.25, -0.2) is 4.98 Å². The summed E-state index contributed by atoms with van der Waals surface area (Å²) in [7, 11) is 0. The Labute approximate surface area is 106 Å². The molecule has 1 aromatic carbocycles. The molecule has 0 amide bonds. The average Bonchev–Trinajstić information content (AvgIpc) is 2.83. The molecule has 0 fully saturated rings. The highest BCUT2D eigenvalue weighted by molar-refractivity contribution is 7.99. The van der Waals surface area contributed by atoms with Gasteiger partial charge >= 0.3 is 0 Å². The van der Waals surface area contributed by atoms with Crippen molar-refractivity contribution in [1.29, 1.82) is 0 Å². The van der Waals surface area contributed by atoms with E-state index in [9.17, 15) is 5.11 Å². The summed E-state index contributed by atoms with van der Waals surface area (Å²) in [5.74, 6) is 1.02. The van der Waals surface area contributed by atoms with Crippen molar-refractivity contribution in [2.24, 2.45) is 0 Å². The summed E-state index contributed by atoms with van der Waals surface area (Å²) in [6, 6.07) is 8.07. The molecule has 2 rings (SSSR count).